The lowest BCUT2D eigenvalue weighted by atomic mass is 10.1. The number of para-hydroxylation sites is 2. The number of nitrogens with zero attached hydrogens (tertiary/aromatic N) is 2. The molecule has 9 heteroatoms. The average molecular weight is 522 g/mol. The Kier molecular flexibility index (Phi) is 6.68. The Morgan fingerprint density at radius 3 is 2.49 bits per heavy atom. The van der Waals surface area contributed by atoms with Crippen LogP contribution in [0.1, 0.15) is 0 Å². The molecule has 0 aliphatic carbocycles. The van der Waals surface area contributed by atoms with Crippen LogP contribution in [-0.4, -0.2) is 21.2 Å². The summed E-state index contributed by atoms with van der Waals surface area (Å²) in [6.45, 7) is 0. The molecule has 1 amide bonds. The Balaban J connectivity index is 1.54. The molecule has 5 nitrogen and oxygen atoms in total. The minimum absolute atomic E-state index is 0.0339. The molecule has 0 bridgehead atoms. The topological polar surface area (TPSA) is 64.0 Å². The summed E-state index contributed by atoms with van der Waals surface area (Å²) in [6, 6.07) is 22.2. The molecule has 0 atom stereocenters. The maximum atomic E-state index is 13.8. The van der Waals surface area contributed by atoms with Gasteiger partial charge in [-0.15, -0.1) is 11.3 Å². The number of anilines is 1. The molecule has 0 saturated carbocycles. The van der Waals surface area contributed by atoms with Crippen LogP contribution in [0.3, 0.4) is 0 Å². The van der Waals surface area contributed by atoms with Crippen LogP contribution in [0.25, 0.3) is 27.0 Å². The van der Waals surface area contributed by atoms with E-state index in [9.17, 15) is 14.0 Å². The van der Waals surface area contributed by atoms with Crippen molar-refractivity contribution in [3.05, 3.63) is 105 Å². The number of carbonyl (C=O) groups excluding carboxylic acids is 1. The Labute approximate surface area is 213 Å². The number of nitrogens with one attached hydrogen (secondary N) is 1. The number of carbonyl (C=O) groups is 1. The highest BCUT2D eigenvalue weighted by atomic mass is 35.5. The number of aromatic nitrogens is 2. The Morgan fingerprint density at radius 2 is 1.74 bits per heavy atom. The van der Waals surface area contributed by atoms with E-state index in [1.54, 1.807) is 36.4 Å². The van der Waals surface area contributed by atoms with Gasteiger partial charge in [0.05, 0.1) is 27.5 Å². The van der Waals surface area contributed by atoms with Gasteiger partial charge in [-0.25, -0.2) is 9.37 Å². The van der Waals surface area contributed by atoms with E-state index in [-0.39, 0.29) is 23.0 Å². The molecule has 0 unspecified atom stereocenters. The van der Waals surface area contributed by atoms with Crippen molar-refractivity contribution in [1.29, 1.82) is 0 Å². The minimum atomic E-state index is -0.346. The molecule has 5 aromatic rings. The van der Waals surface area contributed by atoms with Gasteiger partial charge in [0.25, 0.3) is 5.56 Å². The zero-order valence-corrected chi connectivity index (χ0v) is 20.5. The third-order valence-corrected chi connectivity index (χ3v) is 7.37. The van der Waals surface area contributed by atoms with Crippen LogP contribution < -0.4 is 10.9 Å². The molecular weight excluding hydrogens is 505 g/mol. The molecule has 174 valence electrons. The smallest absolute Gasteiger partial charge is 0.268 e. The van der Waals surface area contributed by atoms with Crippen LogP contribution in [0, 0.1) is 5.82 Å². The number of thiophene rings is 1. The lowest BCUT2D eigenvalue weighted by molar-refractivity contribution is -0.113. The number of amides is 1. The molecular formula is C26H17ClFN3O2S2. The lowest BCUT2D eigenvalue weighted by Crippen LogP contribution is -2.22. The normalized spacial score (nSPS) is 11.0. The quantitative estimate of drug-likeness (QED) is 0.201. The summed E-state index contributed by atoms with van der Waals surface area (Å²) in [6.07, 6.45) is 0. The monoisotopic (exact) mass is 521 g/mol. The molecule has 3 aromatic carbocycles. The van der Waals surface area contributed by atoms with E-state index >= 15 is 0 Å². The summed E-state index contributed by atoms with van der Waals surface area (Å²) in [5.74, 6) is -0.580. The van der Waals surface area contributed by atoms with Crippen molar-refractivity contribution in [3.63, 3.8) is 0 Å². The van der Waals surface area contributed by atoms with Gasteiger partial charge in [0.15, 0.2) is 5.16 Å². The molecule has 0 aliphatic heterocycles. The van der Waals surface area contributed by atoms with Crippen molar-refractivity contribution in [2.24, 2.45) is 0 Å². The summed E-state index contributed by atoms with van der Waals surface area (Å²) in [7, 11) is 0. The Hall–Kier alpha value is -3.46. The van der Waals surface area contributed by atoms with Crippen molar-refractivity contribution in [2.45, 2.75) is 5.16 Å². The van der Waals surface area contributed by atoms with Crippen molar-refractivity contribution >= 4 is 56.5 Å². The fourth-order valence-corrected chi connectivity index (χ4v) is 5.58. The van der Waals surface area contributed by atoms with Gasteiger partial charge in [0.2, 0.25) is 5.91 Å². The SMILES string of the molecule is O=C(CSc1nc2scc(-c3ccc(F)cc3)c2c(=O)n1-c1ccccc1)Nc1ccccc1Cl. The van der Waals surface area contributed by atoms with Gasteiger partial charge in [0.1, 0.15) is 10.6 Å². The fraction of sp³-hybridized carbons (Fsp3) is 0.0385. The van der Waals surface area contributed by atoms with Crippen LogP contribution in [0.2, 0.25) is 5.02 Å². The molecule has 0 saturated heterocycles. The lowest BCUT2D eigenvalue weighted by Gasteiger charge is -2.13. The van der Waals surface area contributed by atoms with Gasteiger partial charge >= 0.3 is 0 Å². The van der Waals surface area contributed by atoms with Gasteiger partial charge in [-0.3, -0.25) is 14.2 Å². The van der Waals surface area contributed by atoms with Crippen LogP contribution in [0.15, 0.2) is 94.2 Å². The predicted molar refractivity (Wildman–Crippen MR) is 141 cm³/mol. The molecule has 2 aromatic heterocycles. The zero-order chi connectivity index (χ0) is 24.4. The molecule has 0 fully saturated rings. The van der Waals surface area contributed by atoms with Gasteiger partial charge in [-0.05, 0) is 42.0 Å². The van der Waals surface area contributed by atoms with Crippen LogP contribution in [0.4, 0.5) is 10.1 Å². The van der Waals surface area contributed by atoms with E-state index in [0.29, 0.717) is 37.3 Å². The first kappa shape index (κ1) is 23.3. The second-order valence-electron chi connectivity index (χ2n) is 7.52. The highest BCUT2D eigenvalue weighted by Gasteiger charge is 2.19. The van der Waals surface area contributed by atoms with Gasteiger partial charge < -0.3 is 5.32 Å². The molecule has 0 spiro atoms. The number of thioether (sulfide) groups is 1. The fourth-order valence-electron chi connectivity index (χ4n) is 3.59. The van der Waals surface area contributed by atoms with Gasteiger partial charge in [0, 0.05) is 10.9 Å². The van der Waals surface area contributed by atoms with Crippen LogP contribution >= 0.6 is 34.7 Å². The van der Waals surface area contributed by atoms with Crippen molar-refractivity contribution < 1.29 is 9.18 Å². The molecule has 35 heavy (non-hydrogen) atoms. The highest BCUT2D eigenvalue weighted by molar-refractivity contribution is 7.99. The molecule has 0 aliphatic rings. The number of benzene rings is 3. The summed E-state index contributed by atoms with van der Waals surface area (Å²) in [4.78, 5) is 31.7. The van der Waals surface area contributed by atoms with E-state index in [0.717, 1.165) is 17.3 Å². The van der Waals surface area contributed by atoms with E-state index in [1.165, 1.54) is 28.0 Å². The first-order chi connectivity index (χ1) is 17.0. The number of fused-ring (bicyclic) bond motifs is 1. The largest absolute Gasteiger partial charge is 0.324 e. The third kappa shape index (κ3) is 4.86. The summed E-state index contributed by atoms with van der Waals surface area (Å²) in [5.41, 5.74) is 2.33. The van der Waals surface area contributed by atoms with E-state index in [2.05, 4.69) is 5.32 Å². The standard InChI is InChI=1S/C26H17ClFN3O2S2/c27-20-8-4-5-9-21(20)29-22(32)15-35-26-30-24-23(25(33)31(26)18-6-2-1-3-7-18)19(14-34-24)16-10-12-17(28)13-11-16/h1-14H,15H2,(H,29,32). The summed E-state index contributed by atoms with van der Waals surface area (Å²) >= 11 is 8.64. The maximum absolute atomic E-state index is 13.8. The number of halogens is 2. The summed E-state index contributed by atoms with van der Waals surface area (Å²) in [5, 5.41) is 5.93. The molecule has 0 radical (unpaired) electrons. The minimum Gasteiger partial charge on any atom is -0.324 e. The second kappa shape index (κ2) is 10.0. The maximum Gasteiger partial charge on any atom is 0.268 e. The van der Waals surface area contributed by atoms with Crippen molar-refractivity contribution in [2.75, 3.05) is 11.1 Å². The highest BCUT2D eigenvalue weighted by Crippen LogP contribution is 2.33. The second-order valence-corrected chi connectivity index (χ2v) is 9.73. The van der Waals surface area contributed by atoms with Crippen LogP contribution in [-0.2, 0) is 4.79 Å². The van der Waals surface area contributed by atoms with E-state index < -0.39 is 0 Å². The van der Waals surface area contributed by atoms with E-state index in [4.69, 9.17) is 16.6 Å². The van der Waals surface area contributed by atoms with E-state index in [1.807, 2.05) is 35.7 Å². The van der Waals surface area contributed by atoms with Gasteiger partial charge in [-0.1, -0.05) is 65.8 Å². The average Bonchev–Trinajstić information content (AvgIpc) is 3.29. The third-order valence-electron chi connectivity index (χ3n) is 5.23. The number of rotatable bonds is 6. The number of hydrogen-bond acceptors (Lipinski definition) is 5. The summed E-state index contributed by atoms with van der Waals surface area (Å²) < 4.78 is 15.0. The molecule has 2 heterocycles. The first-order valence-corrected chi connectivity index (χ1v) is 12.8. The zero-order valence-electron chi connectivity index (χ0n) is 18.1. The molecule has 5 rings (SSSR count). The predicted octanol–water partition coefficient (Wildman–Crippen LogP) is 6.64. The molecule has 1 N–H and O–H groups in total. The van der Waals surface area contributed by atoms with Crippen LogP contribution in [0.5, 0.6) is 0 Å². The number of hydrogen-bond donors (Lipinski definition) is 1. The Morgan fingerprint density at radius 1 is 1.03 bits per heavy atom. The first-order valence-electron chi connectivity index (χ1n) is 10.5. The Bertz CT molecular complexity index is 1580. The van der Waals surface area contributed by atoms with Crippen molar-refractivity contribution in [1.82, 2.24) is 9.55 Å². The van der Waals surface area contributed by atoms with Gasteiger partial charge in [-0.2, -0.15) is 0 Å². The van der Waals surface area contributed by atoms with Crippen molar-refractivity contribution in [3.8, 4) is 16.8 Å².